The normalized spacial score (nSPS) is 16.3. The first kappa shape index (κ1) is 21.3. The van der Waals surface area contributed by atoms with E-state index in [1.807, 2.05) is 53.9 Å². The van der Waals surface area contributed by atoms with E-state index in [4.69, 9.17) is 16.0 Å². The number of thiophene rings is 1. The molecule has 4 nitrogen and oxygen atoms in total. The van der Waals surface area contributed by atoms with E-state index in [1.165, 1.54) is 11.3 Å². The molecule has 5 rings (SSSR count). The van der Waals surface area contributed by atoms with Gasteiger partial charge in [-0.15, -0.1) is 11.3 Å². The Hall–Kier alpha value is -2.60. The Bertz CT molecular complexity index is 1210. The maximum absolute atomic E-state index is 13.0. The maximum Gasteiger partial charge on any atom is 0.265 e. The molecule has 164 valence electrons. The van der Waals surface area contributed by atoms with Crippen molar-refractivity contribution in [1.82, 2.24) is 4.90 Å². The van der Waals surface area contributed by atoms with E-state index in [0.29, 0.717) is 15.8 Å². The minimum atomic E-state index is -0.116. The fourth-order valence-electron chi connectivity index (χ4n) is 4.43. The van der Waals surface area contributed by atoms with Crippen LogP contribution >= 0.6 is 22.9 Å². The number of nitrogens with one attached hydrogen (secondary N) is 1. The van der Waals surface area contributed by atoms with Gasteiger partial charge < -0.3 is 9.73 Å². The highest BCUT2D eigenvalue weighted by Crippen LogP contribution is 2.42. The average Bonchev–Trinajstić information content (AvgIpc) is 3.46. The molecule has 2 aromatic heterocycles. The summed E-state index contributed by atoms with van der Waals surface area (Å²) in [6.07, 6.45) is 2.28. The predicted octanol–water partition coefficient (Wildman–Crippen LogP) is 7.22. The fraction of sp³-hybridized carbons (Fsp3) is 0.269. The molecule has 1 atom stereocenters. The third-order valence-corrected chi connectivity index (χ3v) is 7.34. The molecule has 1 aliphatic heterocycles. The Labute approximate surface area is 196 Å². The Morgan fingerprint density at radius 1 is 1.09 bits per heavy atom. The van der Waals surface area contributed by atoms with Crippen molar-refractivity contribution in [2.24, 2.45) is 5.92 Å². The van der Waals surface area contributed by atoms with Crippen molar-refractivity contribution >= 4 is 45.5 Å². The molecule has 3 heterocycles. The van der Waals surface area contributed by atoms with Gasteiger partial charge in [0.25, 0.3) is 5.91 Å². The number of halogens is 1. The molecule has 0 radical (unpaired) electrons. The molecular weight excluding hydrogens is 440 g/mol. The Morgan fingerprint density at radius 3 is 2.56 bits per heavy atom. The minimum Gasteiger partial charge on any atom is -0.457 e. The molecule has 0 saturated carbocycles. The summed E-state index contributed by atoms with van der Waals surface area (Å²) in [7, 11) is 0. The van der Waals surface area contributed by atoms with Crippen LogP contribution in [0.5, 0.6) is 0 Å². The molecule has 1 N–H and O–H groups in total. The monoisotopic (exact) mass is 464 g/mol. The number of fused-ring (bicyclic) bond motifs is 1. The summed E-state index contributed by atoms with van der Waals surface area (Å²) in [4.78, 5) is 16.2. The molecule has 1 amide bonds. The van der Waals surface area contributed by atoms with Crippen LogP contribution in [0.25, 0.3) is 11.0 Å². The van der Waals surface area contributed by atoms with Gasteiger partial charge in [0.2, 0.25) is 0 Å². The van der Waals surface area contributed by atoms with Gasteiger partial charge >= 0.3 is 0 Å². The molecule has 0 aliphatic carbocycles. The number of benzene rings is 2. The van der Waals surface area contributed by atoms with E-state index < -0.39 is 0 Å². The minimum absolute atomic E-state index is 0.106. The maximum atomic E-state index is 13.0. The zero-order valence-corrected chi connectivity index (χ0v) is 19.5. The van der Waals surface area contributed by atoms with Crippen LogP contribution < -0.4 is 5.32 Å². The SMILES string of the molecule is CC1CCN(C(c2ccc(Cl)cc2)c2oc3ccccc3c2NC(=O)c2cccs2)CC1. The van der Waals surface area contributed by atoms with E-state index >= 15 is 0 Å². The van der Waals surface area contributed by atoms with Gasteiger partial charge in [0.05, 0.1) is 16.6 Å². The van der Waals surface area contributed by atoms with Crippen molar-refractivity contribution in [1.29, 1.82) is 0 Å². The number of rotatable bonds is 5. The summed E-state index contributed by atoms with van der Waals surface area (Å²) in [6.45, 7) is 4.26. The molecule has 4 aromatic rings. The second kappa shape index (κ2) is 9.10. The lowest BCUT2D eigenvalue weighted by molar-refractivity contribution is 0.102. The lowest BCUT2D eigenvalue weighted by Crippen LogP contribution is -2.37. The van der Waals surface area contributed by atoms with Crippen LogP contribution in [0.3, 0.4) is 0 Å². The molecule has 1 saturated heterocycles. The van der Waals surface area contributed by atoms with Crippen LogP contribution in [0.1, 0.15) is 46.8 Å². The van der Waals surface area contributed by atoms with Crippen molar-refractivity contribution in [3.05, 3.63) is 87.3 Å². The molecule has 0 spiro atoms. The number of likely N-dealkylation sites (tertiary alicyclic amines) is 1. The smallest absolute Gasteiger partial charge is 0.265 e. The van der Waals surface area contributed by atoms with E-state index in [1.54, 1.807) is 0 Å². The third kappa shape index (κ3) is 4.20. The lowest BCUT2D eigenvalue weighted by atomic mass is 9.94. The Kier molecular flexibility index (Phi) is 6.05. The Balaban J connectivity index is 1.63. The number of furan rings is 1. The number of hydrogen-bond donors (Lipinski definition) is 1. The van der Waals surface area contributed by atoms with Crippen LogP contribution in [0.2, 0.25) is 5.02 Å². The highest BCUT2D eigenvalue weighted by Gasteiger charge is 2.32. The molecule has 1 unspecified atom stereocenters. The zero-order chi connectivity index (χ0) is 22.1. The summed E-state index contributed by atoms with van der Waals surface area (Å²) >= 11 is 7.63. The van der Waals surface area contributed by atoms with Gasteiger partial charge in [-0.2, -0.15) is 0 Å². The van der Waals surface area contributed by atoms with Crippen LogP contribution in [0.15, 0.2) is 70.5 Å². The highest BCUT2D eigenvalue weighted by atomic mass is 35.5. The molecular formula is C26H25ClN2O2S. The van der Waals surface area contributed by atoms with E-state index in [-0.39, 0.29) is 11.9 Å². The third-order valence-electron chi connectivity index (χ3n) is 6.22. The Morgan fingerprint density at radius 2 is 1.84 bits per heavy atom. The van der Waals surface area contributed by atoms with Crippen LogP contribution in [-0.4, -0.2) is 23.9 Å². The van der Waals surface area contributed by atoms with Crippen molar-refractivity contribution in [3.63, 3.8) is 0 Å². The number of carbonyl (C=O) groups is 1. The van der Waals surface area contributed by atoms with E-state index in [2.05, 4.69) is 29.3 Å². The lowest BCUT2D eigenvalue weighted by Gasteiger charge is -2.36. The first-order valence-corrected chi connectivity index (χ1v) is 12.2. The van der Waals surface area contributed by atoms with Gasteiger partial charge in [0, 0.05) is 10.4 Å². The average molecular weight is 465 g/mol. The van der Waals surface area contributed by atoms with Gasteiger partial charge in [-0.3, -0.25) is 9.69 Å². The van der Waals surface area contributed by atoms with Gasteiger partial charge in [0.15, 0.2) is 0 Å². The van der Waals surface area contributed by atoms with E-state index in [0.717, 1.165) is 53.9 Å². The van der Waals surface area contributed by atoms with Crippen molar-refractivity contribution in [2.75, 3.05) is 18.4 Å². The zero-order valence-electron chi connectivity index (χ0n) is 17.9. The second-order valence-corrected chi connectivity index (χ2v) is 9.83. The quantitative estimate of drug-likeness (QED) is 0.339. The number of piperidine rings is 1. The van der Waals surface area contributed by atoms with Gasteiger partial charge in [-0.1, -0.05) is 48.9 Å². The molecule has 6 heteroatoms. The topological polar surface area (TPSA) is 45.5 Å². The number of anilines is 1. The van der Waals surface area contributed by atoms with Crippen LogP contribution in [-0.2, 0) is 0 Å². The van der Waals surface area contributed by atoms with Gasteiger partial charge in [0.1, 0.15) is 11.3 Å². The van der Waals surface area contributed by atoms with Crippen molar-refractivity contribution < 1.29 is 9.21 Å². The standard InChI is InChI=1S/C26H25ClN2O2S/c1-17-12-14-29(15-13-17)24(18-8-10-19(27)11-9-18)25-23(20-5-2-3-6-21(20)31-25)28-26(30)22-7-4-16-32-22/h2-11,16-17,24H,12-15H2,1H3,(H,28,30). The number of amides is 1. The largest absolute Gasteiger partial charge is 0.457 e. The second-order valence-electron chi connectivity index (χ2n) is 8.44. The van der Waals surface area contributed by atoms with Crippen molar-refractivity contribution in [3.8, 4) is 0 Å². The predicted molar refractivity (Wildman–Crippen MR) is 132 cm³/mol. The summed E-state index contributed by atoms with van der Waals surface area (Å²) in [6, 6.07) is 19.5. The summed E-state index contributed by atoms with van der Waals surface area (Å²) in [5.74, 6) is 1.37. The summed E-state index contributed by atoms with van der Waals surface area (Å²) < 4.78 is 6.46. The number of nitrogens with zero attached hydrogens (tertiary/aromatic N) is 1. The first-order valence-electron chi connectivity index (χ1n) is 11.0. The van der Waals surface area contributed by atoms with Gasteiger partial charge in [-0.05, 0) is 73.1 Å². The summed E-state index contributed by atoms with van der Waals surface area (Å²) in [5, 5.41) is 6.70. The molecule has 1 aliphatic rings. The van der Waals surface area contributed by atoms with Crippen molar-refractivity contribution in [2.45, 2.75) is 25.8 Å². The molecule has 0 bridgehead atoms. The van der Waals surface area contributed by atoms with Gasteiger partial charge in [-0.25, -0.2) is 0 Å². The highest BCUT2D eigenvalue weighted by molar-refractivity contribution is 7.12. The first-order chi connectivity index (χ1) is 15.6. The molecule has 1 fully saturated rings. The number of hydrogen-bond acceptors (Lipinski definition) is 4. The van der Waals surface area contributed by atoms with Crippen LogP contribution in [0.4, 0.5) is 5.69 Å². The summed E-state index contributed by atoms with van der Waals surface area (Å²) in [5.41, 5.74) is 2.63. The van der Waals surface area contributed by atoms with Crippen LogP contribution in [0, 0.1) is 5.92 Å². The number of para-hydroxylation sites is 1. The van der Waals surface area contributed by atoms with E-state index in [9.17, 15) is 4.79 Å². The molecule has 32 heavy (non-hydrogen) atoms. The molecule has 2 aromatic carbocycles. The fourth-order valence-corrected chi connectivity index (χ4v) is 5.17. The number of carbonyl (C=O) groups excluding carboxylic acids is 1.